The molecule has 0 saturated heterocycles. The number of aryl methyl sites for hydroxylation is 1. The first-order valence-electron chi connectivity index (χ1n) is 10.6. The summed E-state index contributed by atoms with van der Waals surface area (Å²) in [7, 11) is 3.22. The molecule has 170 valence electrons. The third-order valence-corrected chi connectivity index (χ3v) is 5.61. The Hall–Kier alpha value is -3.32. The van der Waals surface area contributed by atoms with Gasteiger partial charge in [0, 0.05) is 36.4 Å². The van der Waals surface area contributed by atoms with E-state index in [1.165, 1.54) is 0 Å². The van der Waals surface area contributed by atoms with Crippen LogP contribution in [0.25, 0.3) is 11.8 Å². The first-order valence-corrected chi connectivity index (χ1v) is 10.6. The molecule has 0 spiro atoms. The molecule has 0 aliphatic carbocycles. The molecular formula is C25H30N2O5. The molecule has 0 atom stereocenters. The Morgan fingerprint density at radius 3 is 2.38 bits per heavy atom. The lowest BCUT2D eigenvalue weighted by Crippen LogP contribution is -2.28. The molecule has 0 unspecified atom stereocenters. The number of carbonyl (C=O) groups excluding carboxylic acids is 2. The molecule has 1 aliphatic rings. The van der Waals surface area contributed by atoms with Gasteiger partial charge >= 0.3 is 5.97 Å². The van der Waals surface area contributed by atoms with Crippen molar-refractivity contribution in [2.24, 2.45) is 0 Å². The zero-order chi connectivity index (χ0) is 23.4. The molecule has 0 fully saturated rings. The van der Waals surface area contributed by atoms with Crippen LogP contribution in [0, 0.1) is 13.8 Å². The third kappa shape index (κ3) is 4.34. The van der Waals surface area contributed by atoms with E-state index in [0.29, 0.717) is 30.0 Å². The van der Waals surface area contributed by atoms with Crippen LogP contribution in [0.15, 0.2) is 47.2 Å². The van der Waals surface area contributed by atoms with Gasteiger partial charge in [0.05, 0.1) is 31.5 Å². The largest absolute Gasteiger partial charge is 0.497 e. The van der Waals surface area contributed by atoms with Gasteiger partial charge in [0.25, 0.3) is 5.91 Å². The number of methoxy groups -OCH3 is 2. The van der Waals surface area contributed by atoms with Gasteiger partial charge in [-0.3, -0.25) is 4.79 Å². The Kier molecular flexibility index (Phi) is 7.20. The van der Waals surface area contributed by atoms with Crippen molar-refractivity contribution < 1.29 is 23.8 Å². The molecule has 7 nitrogen and oxygen atoms in total. The molecule has 0 N–H and O–H groups in total. The van der Waals surface area contributed by atoms with Crippen LogP contribution in [0.1, 0.15) is 30.8 Å². The van der Waals surface area contributed by atoms with Gasteiger partial charge in [0.2, 0.25) is 0 Å². The van der Waals surface area contributed by atoms with E-state index < -0.39 is 5.97 Å². The van der Waals surface area contributed by atoms with Gasteiger partial charge in [-0.25, -0.2) is 4.79 Å². The molecule has 0 bridgehead atoms. The van der Waals surface area contributed by atoms with E-state index >= 15 is 0 Å². The molecule has 1 aromatic heterocycles. The highest BCUT2D eigenvalue weighted by atomic mass is 16.5. The SMILES string of the molecule is CCOC(=O)C1=C(C)N(CCOC)C(=O)C1=Cc1cc(C)n(-c2ccc(OC)cc2)c1C. The zero-order valence-corrected chi connectivity index (χ0v) is 19.5. The van der Waals surface area contributed by atoms with E-state index in [4.69, 9.17) is 14.2 Å². The Morgan fingerprint density at radius 1 is 1.09 bits per heavy atom. The number of aromatic nitrogens is 1. The Balaban J connectivity index is 2.07. The molecule has 3 rings (SSSR count). The summed E-state index contributed by atoms with van der Waals surface area (Å²) in [5, 5.41) is 0. The molecule has 2 aromatic rings. The van der Waals surface area contributed by atoms with Crippen LogP contribution in [0.3, 0.4) is 0 Å². The lowest BCUT2D eigenvalue weighted by molar-refractivity contribution is -0.138. The van der Waals surface area contributed by atoms with Crippen LogP contribution in [0.2, 0.25) is 0 Å². The molecule has 1 aromatic carbocycles. The molecule has 32 heavy (non-hydrogen) atoms. The van der Waals surface area contributed by atoms with Crippen LogP contribution in [0.4, 0.5) is 0 Å². The summed E-state index contributed by atoms with van der Waals surface area (Å²) >= 11 is 0. The minimum absolute atomic E-state index is 0.225. The van der Waals surface area contributed by atoms with Crippen molar-refractivity contribution in [1.82, 2.24) is 9.47 Å². The molecular weight excluding hydrogens is 408 g/mol. The fourth-order valence-electron chi connectivity index (χ4n) is 4.00. The molecule has 0 saturated carbocycles. The Labute approximate surface area is 188 Å². The van der Waals surface area contributed by atoms with Crippen LogP contribution >= 0.6 is 0 Å². The van der Waals surface area contributed by atoms with Crippen molar-refractivity contribution in [3.05, 3.63) is 64.1 Å². The molecule has 7 heteroatoms. The van der Waals surface area contributed by atoms with Crippen LogP contribution in [-0.2, 0) is 19.1 Å². The number of amides is 1. The first-order chi connectivity index (χ1) is 15.3. The van der Waals surface area contributed by atoms with E-state index in [1.54, 1.807) is 39.0 Å². The maximum atomic E-state index is 13.2. The second-order valence-electron chi connectivity index (χ2n) is 7.55. The second kappa shape index (κ2) is 9.87. The summed E-state index contributed by atoms with van der Waals surface area (Å²) in [6.07, 6.45) is 1.78. The van der Waals surface area contributed by atoms with Gasteiger partial charge in [0.15, 0.2) is 0 Å². The highest BCUT2D eigenvalue weighted by Crippen LogP contribution is 2.33. The smallest absolute Gasteiger partial charge is 0.340 e. The van der Waals surface area contributed by atoms with Crippen LogP contribution < -0.4 is 4.74 Å². The van der Waals surface area contributed by atoms with Gasteiger partial charge < -0.3 is 23.7 Å². The fraction of sp³-hybridized carbons (Fsp3) is 0.360. The monoisotopic (exact) mass is 438 g/mol. The zero-order valence-electron chi connectivity index (χ0n) is 19.5. The number of allylic oxidation sites excluding steroid dienone is 1. The van der Waals surface area contributed by atoms with E-state index in [0.717, 1.165) is 28.4 Å². The number of hydrogen-bond acceptors (Lipinski definition) is 5. The summed E-state index contributed by atoms with van der Waals surface area (Å²) in [5.74, 6) is 0.0660. The van der Waals surface area contributed by atoms with Crippen molar-refractivity contribution >= 4 is 18.0 Å². The van der Waals surface area contributed by atoms with E-state index in [9.17, 15) is 9.59 Å². The quantitative estimate of drug-likeness (QED) is 0.463. The highest BCUT2D eigenvalue weighted by molar-refractivity contribution is 6.16. The number of carbonyl (C=O) groups is 2. The minimum Gasteiger partial charge on any atom is -0.497 e. The third-order valence-electron chi connectivity index (χ3n) is 5.61. The number of esters is 1. The summed E-state index contributed by atoms with van der Waals surface area (Å²) in [4.78, 5) is 27.5. The van der Waals surface area contributed by atoms with Gasteiger partial charge in [-0.1, -0.05) is 0 Å². The minimum atomic E-state index is -0.492. The summed E-state index contributed by atoms with van der Waals surface area (Å²) in [6.45, 7) is 8.49. The number of ether oxygens (including phenoxy) is 3. The van der Waals surface area contributed by atoms with Gasteiger partial charge in [-0.2, -0.15) is 0 Å². The van der Waals surface area contributed by atoms with Gasteiger partial charge in [-0.05, 0) is 69.7 Å². The topological polar surface area (TPSA) is 70.0 Å². The van der Waals surface area contributed by atoms with Gasteiger partial charge in [0.1, 0.15) is 5.75 Å². The summed E-state index contributed by atoms with van der Waals surface area (Å²) in [6, 6.07) is 9.79. The molecule has 2 heterocycles. The van der Waals surface area contributed by atoms with E-state index in [1.807, 2.05) is 44.2 Å². The molecule has 1 amide bonds. The van der Waals surface area contributed by atoms with E-state index in [2.05, 4.69) is 4.57 Å². The summed E-state index contributed by atoms with van der Waals surface area (Å²) < 4.78 is 17.7. The number of rotatable bonds is 8. The predicted octanol–water partition coefficient (Wildman–Crippen LogP) is 3.81. The lowest BCUT2D eigenvalue weighted by atomic mass is 10.0. The average molecular weight is 439 g/mol. The molecule has 0 radical (unpaired) electrons. The maximum Gasteiger partial charge on any atom is 0.340 e. The first kappa shape index (κ1) is 23.3. The van der Waals surface area contributed by atoms with E-state index in [-0.39, 0.29) is 12.5 Å². The summed E-state index contributed by atoms with van der Waals surface area (Å²) in [5.41, 5.74) is 5.06. The lowest BCUT2D eigenvalue weighted by Gasteiger charge is -2.16. The second-order valence-corrected chi connectivity index (χ2v) is 7.55. The average Bonchev–Trinajstić information content (AvgIpc) is 3.18. The van der Waals surface area contributed by atoms with Crippen molar-refractivity contribution in [3.8, 4) is 11.4 Å². The van der Waals surface area contributed by atoms with Crippen LogP contribution in [-0.4, -0.2) is 55.3 Å². The number of nitrogens with zero attached hydrogens (tertiary/aromatic N) is 2. The number of benzene rings is 1. The normalized spacial score (nSPS) is 15.1. The fourth-order valence-corrected chi connectivity index (χ4v) is 4.00. The van der Waals surface area contributed by atoms with Crippen LogP contribution in [0.5, 0.6) is 5.75 Å². The van der Waals surface area contributed by atoms with Crippen molar-refractivity contribution in [1.29, 1.82) is 0 Å². The van der Waals surface area contributed by atoms with Crippen molar-refractivity contribution in [3.63, 3.8) is 0 Å². The highest BCUT2D eigenvalue weighted by Gasteiger charge is 2.37. The Bertz CT molecular complexity index is 1080. The van der Waals surface area contributed by atoms with Gasteiger partial charge in [-0.15, -0.1) is 0 Å². The van der Waals surface area contributed by atoms with Crippen molar-refractivity contribution in [2.75, 3.05) is 34.0 Å². The maximum absolute atomic E-state index is 13.2. The predicted molar refractivity (Wildman–Crippen MR) is 123 cm³/mol. The molecule has 1 aliphatic heterocycles. The Morgan fingerprint density at radius 2 is 1.78 bits per heavy atom. The van der Waals surface area contributed by atoms with Crippen molar-refractivity contribution in [2.45, 2.75) is 27.7 Å². The standard InChI is InChI=1S/C25H30N2O5/c1-7-32-25(29)23-18(4)26(12-13-30-5)24(28)22(23)15-19-14-16(2)27(17(19)3)20-8-10-21(31-6)11-9-20/h8-11,14-15H,7,12-13H2,1-6H3. The number of hydrogen-bond donors (Lipinski definition) is 0.